The first-order valence-electron chi connectivity index (χ1n) is 9.72. The van der Waals surface area contributed by atoms with Crippen LogP contribution in [0, 0.1) is 0 Å². The third kappa shape index (κ3) is 22.0. The van der Waals surface area contributed by atoms with Crippen molar-refractivity contribution in [1.29, 1.82) is 0 Å². The molecule has 1 atom stereocenters. The molecular formula is C18H38NaO2PS2. The van der Waals surface area contributed by atoms with E-state index in [0.29, 0.717) is 6.61 Å². The molecule has 6 heteroatoms. The summed E-state index contributed by atoms with van der Waals surface area (Å²) in [4.78, 5) is 11.9. The predicted molar refractivity (Wildman–Crippen MR) is 109 cm³/mol. The minimum atomic E-state index is -2.80. The summed E-state index contributed by atoms with van der Waals surface area (Å²) in [6.45, 7) is 4.96. The average molecular weight is 405 g/mol. The molecule has 24 heavy (non-hydrogen) atoms. The van der Waals surface area contributed by atoms with E-state index in [1.165, 1.54) is 82.0 Å². The fourth-order valence-electron chi connectivity index (χ4n) is 2.48. The Morgan fingerprint density at radius 2 is 1.17 bits per heavy atom. The van der Waals surface area contributed by atoms with Gasteiger partial charge in [0.25, 0.3) is 0 Å². The van der Waals surface area contributed by atoms with Gasteiger partial charge in [-0.05, 0) is 18.6 Å². The fraction of sp³-hybridized carbons (Fsp3) is 1.00. The molecule has 2 nitrogen and oxygen atoms in total. The maximum Gasteiger partial charge on any atom is 1.00 e. The average Bonchev–Trinajstić information content (AvgIpc) is 2.52. The van der Waals surface area contributed by atoms with Crippen molar-refractivity contribution in [3.05, 3.63) is 0 Å². The van der Waals surface area contributed by atoms with Gasteiger partial charge in [-0.25, -0.2) is 0 Å². The molecule has 0 aromatic heterocycles. The van der Waals surface area contributed by atoms with E-state index in [1.54, 1.807) is 0 Å². The van der Waals surface area contributed by atoms with Gasteiger partial charge in [0.1, 0.15) is 0 Å². The second-order valence-corrected chi connectivity index (χ2v) is 12.5. The SMILES string of the molecule is CCCCCCCCCCCCCCOP([O-])(=S)SCCCC.[Na+]. The van der Waals surface area contributed by atoms with Crippen LogP contribution in [0.1, 0.15) is 104 Å². The molecule has 0 N–H and O–H groups in total. The van der Waals surface area contributed by atoms with Gasteiger partial charge in [-0.3, -0.25) is 0 Å². The Kier molecular flexibility index (Phi) is 24.9. The third-order valence-electron chi connectivity index (χ3n) is 3.99. The van der Waals surface area contributed by atoms with E-state index in [1.807, 2.05) is 0 Å². The standard InChI is InChI=1S/C18H39O2PS2.Na/c1-3-5-7-8-9-10-11-12-13-14-15-16-17-20-21(19,22)23-18-6-4-2;/h3-18H2,1-2H3,(H,19,22);/q;+1/p-1. The second kappa shape index (κ2) is 21.2. The molecule has 0 aromatic rings. The maximum atomic E-state index is 11.9. The summed E-state index contributed by atoms with van der Waals surface area (Å²) in [6, 6.07) is 0. The molecule has 0 aromatic carbocycles. The summed E-state index contributed by atoms with van der Waals surface area (Å²) in [5, 5.41) is 0. The normalized spacial score (nSPS) is 13.5. The summed E-state index contributed by atoms with van der Waals surface area (Å²) >= 11 is 6.38. The first-order valence-corrected chi connectivity index (χ1v) is 14.0. The van der Waals surface area contributed by atoms with Crippen molar-refractivity contribution in [2.24, 2.45) is 0 Å². The molecular weight excluding hydrogens is 366 g/mol. The Morgan fingerprint density at radius 1 is 0.750 bits per heavy atom. The quantitative estimate of drug-likeness (QED) is 0.197. The minimum Gasteiger partial charge on any atom is -0.793 e. The van der Waals surface area contributed by atoms with Crippen molar-refractivity contribution in [2.45, 2.75) is 104 Å². The van der Waals surface area contributed by atoms with Crippen molar-refractivity contribution >= 4 is 28.9 Å². The van der Waals surface area contributed by atoms with Crippen LogP contribution in [0.5, 0.6) is 0 Å². The van der Waals surface area contributed by atoms with Crippen LogP contribution in [-0.4, -0.2) is 12.4 Å². The van der Waals surface area contributed by atoms with Crippen molar-refractivity contribution < 1.29 is 39.0 Å². The molecule has 140 valence electrons. The maximum absolute atomic E-state index is 11.9. The second-order valence-electron chi connectivity index (χ2n) is 6.36. The van der Waals surface area contributed by atoms with Crippen LogP contribution >= 0.6 is 17.1 Å². The Bertz CT molecular complexity index is 294. The molecule has 0 saturated heterocycles. The van der Waals surface area contributed by atoms with Crippen molar-refractivity contribution in [3.63, 3.8) is 0 Å². The van der Waals surface area contributed by atoms with Gasteiger partial charge in [-0.15, -0.1) is 11.4 Å². The first-order chi connectivity index (χ1) is 11.1. The monoisotopic (exact) mass is 404 g/mol. The Labute approximate surface area is 182 Å². The van der Waals surface area contributed by atoms with Gasteiger partial charge in [-0.1, -0.05) is 103 Å². The predicted octanol–water partition coefficient (Wildman–Crippen LogP) is 3.83. The van der Waals surface area contributed by atoms with E-state index >= 15 is 0 Å². The first kappa shape index (κ1) is 28.1. The molecule has 0 aliphatic carbocycles. The molecule has 0 aliphatic heterocycles. The molecule has 0 amide bonds. The largest absolute Gasteiger partial charge is 1.00 e. The van der Waals surface area contributed by atoms with Gasteiger partial charge in [0, 0.05) is 5.69 Å². The van der Waals surface area contributed by atoms with Gasteiger partial charge >= 0.3 is 29.6 Å². The van der Waals surface area contributed by atoms with Crippen LogP contribution in [0.15, 0.2) is 0 Å². The zero-order chi connectivity index (χ0) is 17.2. The number of hydrogen-bond donors (Lipinski definition) is 0. The molecule has 1 unspecified atom stereocenters. The molecule has 0 aliphatic rings. The Hall–Kier alpha value is 1.92. The van der Waals surface area contributed by atoms with Crippen molar-refractivity contribution in [2.75, 3.05) is 12.4 Å². The summed E-state index contributed by atoms with van der Waals surface area (Å²) in [5.74, 6) is 0.857. The molecule has 0 radical (unpaired) electrons. The Balaban J connectivity index is 0. The van der Waals surface area contributed by atoms with E-state index in [2.05, 4.69) is 13.8 Å². The van der Waals surface area contributed by atoms with Crippen molar-refractivity contribution in [3.8, 4) is 0 Å². The number of hydrogen-bond acceptors (Lipinski definition) is 4. The van der Waals surface area contributed by atoms with Crippen LogP contribution < -0.4 is 34.5 Å². The van der Waals surface area contributed by atoms with Crippen LogP contribution in [0.3, 0.4) is 0 Å². The number of unbranched alkanes of at least 4 members (excludes halogenated alkanes) is 12. The van der Waals surface area contributed by atoms with Crippen LogP contribution in [0.25, 0.3) is 0 Å². The Morgan fingerprint density at radius 3 is 1.62 bits per heavy atom. The fourth-order valence-corrected chi connectivity index (χ4v) is 5.95. The molecule has 0 bridgehead atoms. The summed E-state index contributed by atoms with van der Waals surface area (Å²) in [6.07, 6.45) is 18.1. The molecule has 0 saturated carbocycles. The van der Waals surface area contributed by atoms with Gasteiger partial charge in [0.05, 0.1) is 6.61 Å². The van der Waals surface area contributed by atoms with Crippen LogP contribution in [-0.2, 0) is 16.3 Å². The zero-order valence-corrected chi connectivity index (χ0v) is 20.9. The summed E-state index contributed by atoms with van der Waals surface area (Å²) < 4.78 is 5.40. The molecule has 0 fully saturated rings. The zero-order valence-electron chi connectivity index (χ0n) is 16.4. The van der Waals surface area contributed by atoms with Crippen molar-refractivity contribution in [1.82, 2.24) is 0 Å². The molecule has 0 heterocycles. The number of rotatable bonds is 18. The van der Waals surface area contributed by atoms with E-state index in [0.717, 1.165) is 25.0 Å². The minimum absolute atomic E-state index is 0. The van der Waals surface area contributed by atoms with Crippen LogP contribution in [0.4, 0.5) is 0 Å². The molecule has 0 spiro atoms. The summed E-state index contributed by atoms with van der Waals surface area (Å²) in [5.41, 5.74) is -2.80. The summed E-state index contributed by atoms with van der Waals surface area (Å²) in [7, 11) is 0. The van der Waals surface area contributed by atoms with Gasteiger partial charge in [0.2, 0.25) is 0 Å². The van der Waals surface area contributed by atoms with E-state index < -0.39 is 5.69 Å². The van der Waals surface area contributed by atoms with Gasteiger partial charge in [0.15, 0.2) is 0 Å². The van der Waals surface area contributed by atoms with Gasteiger partial charge < -0.3 is 9.42 Å². The van der Waals surface area contributed by atoms with Crippen LogP contribution in [0.2, 0.25) is 0 Å². The smallest absolute Gasteiger partial charge is 0.793 e. The topological polar surface area (TPSA) is 32.3 Å². The van der Waals surface area contributed by atoms with E-state index in [9.17, 15) is 4.89 Å². The third-order valence-corrected chi connectivity index (χ3v) is 8.36. The van der Waals surface area contributed by atoms with E-state index in [4.69, 9.17) is 16.3 Å². The van der Waals surface area contributed by atoms with Gasteiger partial charge in [-0.2, -0.15) is 0 Å². The molecule has 0 rings (SSSR count). The van der Waals surface area contributed by atoms with E-state index in [-0.39, 0.29) is 29.6 Å².